The van der Waals surface area contributed by atoms with Crippen LogP contribution >= 0.6 is 0 Å². The van der Waals surface area contributed by atoms with Crippen LogP contribution in [0.2, 0.25) is 0 Å². The molecule has 2 saturated carbocycles. The Morgan fingerprint density at radius 3 is 2.30 bits per heavy atom. The smallest absolute Gasteiger partial charge is 0.408 e. The van der Waals surface area contributed by atoms with Crippen molar-refractivity contribution in [1.82, 2.24) is 15.4 Å². The van der Waals surface area contributed by atoms with Crippen LogP contribution in [0.4, 0.5) is 15.3 Å². The molecule has 0 saturated heterocycles. The van der Waals surface area contributed by atoms with Crippen LogP contribution < -0.4 is 20.7 Å². The normalized spacial score (nSPS) is 18.5. The second-order valence-electron chi connectivity index (χ2n) is 12.6. The van der Waals surface area contributed by atoms with Gasteiger partial charge in [-0.2, -0.15) is 0 Å². The van der Waals surface area contributed by atoms with Gasteiger partial charge in [-0.15, -0.1) is 0 Å². The van der Waals surface area contributed by atoms with E-state index in [0.29, 0.717) is 32.1 Å². The number of hydrogen-bond donors (Lipinski definition) is 4. The highest BCUT2D eigenvalue weighted by atomic mass is 32.2. The number of anilines is 1. The summed E-state index contributed by atoms with van der Waals surface area (Å²) in [5, 5.41) is 7.75. The van der Waals surface area contributed by atoms with Crippen molar-refractivity contribution < 1.29 is 46.6 Å². The number of unbranched alkanes of at least 4 members (excludes halogenated alkanes) is 3. The molecule has 1 aromatic rings. The second-order valence-corrected chi connectivity index (χ2v) is 14.2. The van der Waals surface area contributed by atoms with Gasteiger partial charge in [0.25, 0.3) is 10.0 Å². The first-order valence-electron chi connectivity index (χ1n) is 15.7. The van der Waals surface area contributed by atoms with E-state index in [0.717, 1.165) is 25.7 Å². The molecule has 0 spiro atoms. The zero-order chi connectivity index (χ0) is 33.9. The lowest BCUT2D eigenvalue weighted by molar-refractivity contribution is -0.143. The Morgan fingerprint density at radius 1 is 0.957 bits per heavy atom. The third-order valence-corrected chi connectivity index (χ3v) is 8.92. The second kappa shape index (κ2) is 16.6. The van der Waals surface area contributed by atoms with E-state index in [1.165, 1.54) is 25.3 Å². The van der Waals surface area contributed by atoms with Crippen molar-refractivity contribution >= 4 is 45.7 Å². The molecule has 3 atom stereocenters. The topological polar surface area (TPSA) is 195 Å². The largest absolute Gasteiger partial charge is 0.467 e. The van der Waals surface area contributed by atoms with Crippen molar-refractivity contribution in [3.8, 4) is 0 Å². The first kappa shape index (κ1) is 36.6. The van der Waals surface area contributed by atoms with E-state index in [4.69, 9.17) is 14.2 Å². The van der Waals surface area contributed by atoms with Crippen LogP contribution in [0.1, 0.15) is 91.4 Å². The van der Waals surface area contributed by atoms with E-state index in [1.54, 1.807) is 26.8 Å². The third-order valence-electron chi connectivity index (χ3n) is 7.52. The molecule has 14 nitrogen and oxygen atoms in total. The zero-order valence-corrected chi connectivity index (χ0v) is 27.7. The molecule has 2 fully saturated rings. The molecule has 2 aliphatic rings. The molecule has 3 rings (SSSR count). The maximum Gasteiger partial charge on any atom is 0.408 e. The lowest BCUT2D eigenvalue weighted by Gasteiger charge is -2.19. The van der Waals surface area contributed by atoms with Crippen LogP contribution in [0, 0.1) is 5.92 Å². The van der Waals surface area contributed by atoms with Crippen LogP contribution in [0.15, 0.2) is 29.2 Å². The first-order valence-corrected chi connectivity index (χ1v) is 17.2. The minimum absolute atomic E-state index is 0.0310. The number of hydrogen-bond acceptors (Lipinski definition) is 10. The minimum atomic E-state index is -4.32. The Labute approximate surface area is 270 Å². The fraction of sp³-hybridized carbons (Fsp3) is 0.645. The van der Waals surface area contributed by atoms with Crippen molar-refractivity contribution in [2.24, 2.45) is 5.92 Å². The molecule has 0 bridgehead atoms. The average molecular weight is 667 g/mol. The Balaban J connectivity index is 1.41. The number of carbonyl (C=O) groups excluding carboxylic acids is 5. The number of sulfonamides is 1. The van der Waals surface area contributed by atoms with Crippen molar-refractivity contribution in [3.63, 3.8) is 0 Å². The van der Waals surface area contributed by atoms with E-state index in [2.05, 4.69) is 16.0 Å². The molecule has 1 aromatic carbocycles. The number of amides is 4. The molecule has 46 heavy (non-hydrogen) atoms. The number of methoxy groups -OCH3 is 1. The monoisotopic (exact) mass is 666 g/mol. The van der Waals surface area contributed by atoms with Crippen molar-refractivity contribution in [1.29, 1.82) is 0 Å². The van der Waals surface area contributed by atoms with Crippen molar-refractivity contribution in [3.05, 3.63) is 24.3 Å². The molecular weight excluding hydrogens is 620 g/mol. The quantitative estimate of drug-likeness (QED) is 0.121. The maximum atomic E-state index is 13.0. The number of ether oxygens (including phenoxy) is 3. The first-order chi connectivity index (χ1) is 21.7. The third kappa shape index (κ3) is 12.1. The molecule has 0 heterocycles. The van der Waals surface area contributed by atoms with E-state index < -0.39 is 63.6 Å². The van der Waals surface area contributed by atoms with E-state index >= 15 is 0 Å². The van der Waals surface area contributed by atoms with Crippen molar-refractivity contribution in [2.75, 3.05) is 12.4 Å². The summed E-state index contributed by atoms with van der Waals surface area (Å²) in [6.07, 6.45) is 5.40. The van der Waals surface area contributed by atoms with Gasteiger partial charge in [-0.3, -0.25) is 9.59 Å². The number of nitrogens with one attached hydrogen (secondary N) is 4. The summed E-state index contributed by atoms with van der Waals surface area (Å²) in [7, 11) is -3.07. The van der Waals surface area contributed by atoms with Gasteiger partial charge in [-0.1, -0.05) is 31.4 Å². The number of esters is 1. The van der Waals surface area contributed by atoms with Crippen LogP contribution in [0.3, 0.4) is 0 Å². The minimum Gasteiger partial charge on any atom is -0.467 e. The zero-order valence-electron chi connectivity index (χ0n) is 26.9. The number of rotatable bonds is 15. The molecular formula is C31H46N4O10S. The number of benzene rings is 1. The summed E-state index contributed by atoms with van der Waals surface area (Å²) in [4.78, 5) is 61.3. The van der Waals surface area contributed by atoms with Gasteiger partial charge in [0.05, 0.1) is 18.7 Å². The summed E-state index contributed by atoms with van der Waals surface area (Å²) in [6.45, 7) is 5.11. The van der Waals surface area contributed by atoms with Gasteiger partial charge in [0, 0.05) is 12.5 Å². The fourth-order valence-corrected chi connectivity index (χ4v) is 6.29. The summed E-state index contributed by atoms with van der Waals surface area (Å²) in [5.41, 5.74) is -0.684. The highest BCUT2D eigenvalue weighted by molar-refractivity contribution is 7.90. The molecule has 4 N–H and O–H groups in total. The lowest BCUT2D eigenvalue weighted by atomic mass is 10.1. The standard InChI is InChI=1S/C31H46N4O10S/c1-31(2,3)45-30(40)34-24-19-21(24)27(37)35-46(41,42)25-17-12-11-15-22(25)32-26(36)18-8-6-5-7-16-23(28(38)43-4)33-29(39)44-20-13-9-10-14-20/h11-12,15,17,20-21,23-24H,5-10,13-14,16,18-19H2,1-4H3,(H,32,36)(H,33,39)(H,34,40)(H,35,37)/t21-,23-,24+/m0/s1. The van der Waals surface area contributed by atoms with E-state index in [1.807, 2.05) is 4.72 Å². The predicted molar refractivity (Wildman–Crippen MR) is 167 cm³/mol. The molecule has 4 amide bonds. The molecule has 0 aliphatic heterocycles. The Morgan fingerprint density at radius 2 is 1.63 bits per heavy atom. The average Bonchev–Trinajstić information content (AvgIpc) is 3.54. The number of carbonyl (C=O) groups is 5. The van der Waals surface area contributed by atoms with E-state index in [9.17, 15) is 32.4 Å². The Kier molecular flexibility index (Phi) is 13.2. The fourth-order valence-electron chi connectivity index (χ4n) is 5.10. The number of para-hydroxylation sites is 1. The van der Waals surface area contributed by atoms with Gasteiger partial charge >= 0.3 is 18.2 Å². The Hall–Kier alpha value is -3.88. The lowest BCUT2D eigenvalue weighted by Crippen LogP contribution is -2.42. The summed E-state index contributed by atoms with van der Waals surface area (Å²) in [5.74, 6) is -2.45. The predicted octanol–water partition coefficient (Wildman–Crippen LogP) is 3.89. The molecule has 15 heteroatoms. The van der Waals surface area contributed by atoms with E-state index in [-0.39, 0.29) is 29.5 Å². The molecule has 0 radical (unpaired) electrons. The molecule has 0 aromatic heterocycles. The molecule has 256 valence electrons. The highest BCUT2D eigenvalue weighted by Crippen LogP contribution is 2.32. The van der Waals surface area contributed by atoms with Crippen molar-refractivity contribution in [2.45, 2.75) is 120 Å². The van der Waals surface area contributed by atoms with Gasteiger partial charge in [0.15, 0.2) is 0 Å². The van der Waals surface area contributed by atoms with Gasteiger partial charge in [0.1, 0.15) is 22.6 Å². The van der Waals surface area contributed by atoms with Crippen LogP contribution in [-0.2, 0) is 38.6 Å². The van der Waals surface area contributed by atoms with Gasteiger partial charge in [-0.25, -0.2) is 27.5 Å². The molecule has 2 aliphatic carbocycles. The van der Waals surface area contributed by atoms with Crippen LogP contribution in [0.25, 0.3) is 0 Å². The van der Waals surface area contributed by atoms with Gasteiger partial charge < -0.3 is 30.2 Å². The van der Waals surface area contributed by atoms with Gasteiger partial charge in [-0.05, 0) is 77.8 Å². The Bertz CT molecular complexity index is 1360. The number of alkyl carbamates (subject to hydrolysis) is 2. The maximum absolute atomic E-state index is 13.0. The SMILES string of the molecule is COC(=O)[C@H](CCCCCCC(=O)Nc1ccccc1S(=O)(=O)NC(=O)[C@H]1C[C@H]1NC(=O)OC(C)(C)C)NC(=O)OC1CCCC1. The van der Waals surface area contributed by atoms with Crippen LogP contribution in [-0.4, -0.2) is 69.3 Å². The van der Waals surface area contributed by atoms with Gasteiger partial charge in [0.2, 0.25) is 11.8 Å². The molecule has 0 unspecified atom stereocenters. The van der Waals surface area contributed by atoms with Crippen LogP contribution in [0.5, 0.6) is 0 Å². The summed E-state index contributed by atoms with van der Waals surface area (Å²) < 4.78 is 43.5. The highest BCUT2D eigenvalue weighted by Gasteiger charge is 2.46. The summed E-state index contributed by atoms with van der Waals surface area (Å²) in [6, 6.07) is 4.38. The summed E-state index contributed by atoms with van der Waals surface area (Å²) >= 11 is 0.